The molecule has 2 atom stereocenters. The van der Waals surface area contributed by atoms with E-state index in [2.05, 4.69) is 31.4 Å². The molecule has 1 rings (SSSR count). The van der Waals surface area contributed by atoms with Gasteiger partial charge in [-0.3, -0.25) is 9.79 Å². The van der Waals surface area contributed by atoms with Gasteiger partial charge in [-0.2, -0.15) is 0 Å². The topological polar surface area (TPSA) is 53.5 Å². The zero-order valence-electron chi connectivity index (χ0n) is 26.8. The molecule has 0 fully saturated rings. The van der Waals surface area contributed by atoms with Crippen molar-refractivity contribution in [2.75, 3.05) is 6.54 Å². The van der Waals surface area contributed by atoms with Crippen LogP contribution in [-0.2, 0) is 4.79 Å². The zero-order chi connectivity index (χ0) is 28.2. The van der Waals surface area contributed by atoms with E-state index in [9.17, 15) is 4.79 Å². The summed E-state index contributed by atoms with van der Waals surface area (Å²) < 4.78 is 0. The molecular weight excluding hydrogens is 478 g/mol. The fourth-order valence-corrected chi connectivity index (χ4v) is 6.00. The Morgan fingerprint density at radius 3 is 1.54 bits per heavy atom. The number of nitrogens with zero attached hydrogens (tertiary/aromatic N) is 1. The lowest BCUT2D eigenvalue weighted by atomic mass is 9.94. The first-order chi connectivity index (χ1) is 19.2. The molecule has 0 spiro atoms. The predicted molar refractivity (Wildman–Crippen MR) is 173 cm³/mol. The van der Waals surface area contributed by atoms with Gasteiger partial charge < -0.3 is 10.6 Å². The highest BCUT2D eigenvalue weighted by atomic mass is 16.1. The van der Waals surface area contributed by atoms with E-state index in [1.165, 1.54) is 161 Å². The molecule has 0 aromatic carbocycles. The number of aliphatic imine (C=N–C) groups is 1. The van der Waals surface area contributed by atoms with Crippen LogP contribution < -0.4 is 10.6 Å². The summed E-state index contributed by atoms with van der Waals surface area (Å²) in [6.45, 7) is 7.54. The summed E-state index contributed by atoms with van der Waals surface area (Å²) >= 11 is 0. The van der Waals surface area contributed by atoms with Crippen LogP contribution in [0.4, 0.5) is 0 Å². The first-order valence-corrected chi connectivity index (χ1v) is 17.8. The summed E-state index contributed by atoms with van der Waals surface area (Å²) in [5, 5.41) is 6.75. The average Bonchev–Trinajstić information content (AvgIpc) is 3.39. The van der Waals surface area contributed by atoms with Gasteiger partial charge in [0.2, 0.25) is 5.91 Å². The van der Waals surface area contributed by atoms with Crippen LogP contribution in [0.25, 0.3) is 0 Å². The SMILES string of the molecule is CCCCCCCCCCCCCCCC(=O)NC1CN=C(C(CCC)CCCCCCCCCCCC)N1. The molecule has 4 heteroatoms. The fraction of sp³-hybridized carbons (Fsp3) is 0.943. The molecule has 1 amide bonds. The normalized spacial score (nSPS) is 15.8. The van der Waals surface area contributed by atoms with Crippen molar-refractivity contribution in [2.45, 2.75) is 200 Å². The number of hydrogen-bond acceptors (Lipinski definition) is 3. The van der Waals surface area contributed by atoms with Crippen LogP contribution >= 0.6 is 0 Å². The Labute approximate surface area is 244 Å². The van der Waals surface area contributed by atoms with E-state index in [1.807, 2.05) is 0 Å². The van der Waals surface area contributed by atoms with Gasteiger partial charge >= 0.3 is 0 Å². The molecular formula is C35H69N3O. The van der Waals surface area contributed by atoms with E-state index in [0.717, 1.165) is 12.3 Å². The van der Waals surface area contributed by atoms with Gasteiger partial charge in [0.15, 0.2) is 0 Å². The molecule has 4 nitrogen and oxygen atoms in total. The first-order valence-electron chi connectivity index (χ1n) is 17.8. The second kappa shape index (κ2) is 27.1. The molecule has 0 radical (unpaired) electrons. The van der Waals surface area contributed by atoms with Gasteiger partial charge in [0.25, 0.3) is 0 Å². The lowest BCUT2D eigenvalue weighted by molar-refractivity contribution is -0.121. The minimum absolute atomic E-state index is 0.00142. The molecule has 230 valence electrons. The van der Waals surface area contributed by atoms with Crippen LogP contribution in [0.3, 0.4) is 0 Å². The quantitative estimate of drug-likeness (QED) is 0.0915. The summed E-state index contributed by atoms with van der Waals surface area (Å²) in [4.78, 5) is 17.3. The molecule has 1 aliphatic heterocycles. The number of hydrogen-bond donors (Lipinski definition) is 2. The van der Waals surface area contributed by atoms with Crippen molar-refractivity contribution in [1.82, 2.24) is 10.6 Å². The lowest BCUT2D eigenvalue weighted by Crippen LogP contribution is -2.47. The Kier molecular flexibility index (Phi) is 25.0. The number of amidine groups is 1. The number of nitrogens with one attached hydrogen (secondary N) is 2. The van der Waals surface area contributed by atoms with Gasteiger partial charge in [0.1, 0.15) is 12.0 Å². The van der Waals surface area contributed by atoms with Crippen LogP contribution in [-0.4, -0.2) is 24.5 Å². The highest BCUT2D eigenvalue weighted by molar-refractivity contribution is 5.87. The molecule has 0 saturated carbocycles. The van der Waals surface area contributed by atoms with E-state index < -0.39 is 0 Å². The third-order valence-corrected chi connectivity index (χ3v) is 8.54. The van der Waals surface area contributed by atoms with Crippen molar-refractivity contribution in [2.24, 2.45) is 10.9 Å². The van der Waals surface area contributed by atoms with Crippen molar-refractivity contribution in [1.29, 1.82) is 0 Å². The van der Waals surface area contributed by atoms with E-state index in [-0.39, 0.29) is 12.1 Å². The highest BCUT2D eigenvalue weighted by Gasteiger charge is 2.24. The van der Waals surface area contributed by atoms with E-state index in [4.69, 9.17) is 4.99 Å². The van der Waals surface area contributed by atoms with Crippen molar-refractivity contribution >= 4 is 11.7 Å². The zero-order valence-corrected chi connectivity index (χ0v) is 26.8. The van der Waals surface area contributed by atoms with E-state index in [0.29, 0.717) is 18.9 Å². The Hall–Kier alpha value is -1.06. The monoisotopic (exact) mass is 548 g/mol. The van der Waals surface area contributed by atoms with Crippen molar-refractivity contribution in [3.05, 3.63) is 0 Å². The summed E-state index contributed by atoms with van der Waals surface area (Å²) in [6.07, 6.45) is 35.5. The Morgan fingerprint density at radius 1 is 0.641 bits per heavy atom. The minimum Gasteiger partial charge on any atom is -0.352 e. The molecule has 39 heavy (non-hydrogen) atoms. The number of unbranched alkanes of at least 4 members (excludes halogenated alkanes) is 21. The minimum atomic E-state index is 0.00142. The number of rotatable bonds is 29. The third kappa shape index (κ3) is 21.4. The van der Waals surface area contributed by atoms with Gasteiger partial charge in [-0.1, -0.05) is 168 Å². The van der Waals surface area contributed by atoms with Gasteiger partial charge in [0.05, 0.1) is 6.54 Å². The van der Waals surface area contributed by atoms with Crippen LogP contribution in [0.2, 0.25) is 0 Å². The maximum atomic E-state index is 12.5. The largest absolute Gasteiger partial charge is 0.352 e. The van der Waals surface area contributed by atoms with E-state index in [1.54, 1.807) is 0 Å². The van der Waals surface area contributed by atoms with Gasteiger partial charge in [-0.05, 0) is 19.3 Å². The Balaban J connectivity index is 2.02. The molecule has 0 aromatic rings. The predicted octanol–water partition coefficient (Wildman–Crippen LogP) is 10.6. The maximum absolute atomic E-state index is 12.5. The number of amides is 1. The van der Waals surface area contributed by atoms with Gasteiger partial charge in [-0.25, -0.2) is 0 Å². The smallest absolute Gasteiger partial charge is 0.221 e. The highest BCUT2D eigenvalue weighted by Crippen LogP contribution is 2.20. The van der Waals surface area contributed by atoms with E-state index >= 15 is 0 Å². The molecule has 2 unspecified atom stereocenters. The van der Waals surface area contributed by atoms with Crippen LogP contribution in [0.5, 0.6) is 0 Å². The Bertz CT molecular complexity index is 576. The summed E-state index contributed by atoms with van der Waals surface area (Å²) in [5.74, 6) is 1.87. The number of carbonyl (C=O) groups excluding carboxylic acids is 1. The lowest BCUT2D eigenvalue weighted by Gasteiger charge is -2.20. The maximum Gasteiger partial charge on any atom is 0.221 e. The fourth-order valence-electron chi connectivity index (χ4n) is 6.00. The van der Waals surface area contributed by atoms with Crippen LogP contribution in [0.1, 0.15) is 194 Å². The second-order valence-corrected chi connectivity index (χ2v) is 12.4. The first kappa shape index (κ1) is 36.0. The van der Waals surface area contributed by atoms with Crippen molar-refractivity contribution in [3.63, 3.8) is 0 Å². The second-order valence-electron chi connectivity index (χ2n) is 12.4. The Morgan fingerprint density at radius 2 is 1.08 bits per heavy atom. The van der Waals surface area contributed by atoms with Crippen molar-refractivity contribution in [3.8, 4) is 0 Å². The van der Waals surface area contributed by atoms with Crippen LogP contribution in [0, 0.1) is 5.92 Å². The molecule has 2 N–H and O–H groups in total. The molecule has 0 aromatic heterocycles. The molecule has 0 aliphatic carbocycles. The van der Waals surface area contributed by atoms with Gasteiger partial charge in [-0.15, -0.1) is 0 Å². The summed E-state index contributed by atoms with van der Waals surface area (Å²) in [5.41, 5.74) is 0. The molecule has 0 saturated heterocycles. The third-order valence-electron chi connectivity index (χ3n) is 8.54. The summed E-state index contributed by atoms with van der Waals surface area (Å²) in [6, 6.07) is 0. The number of carbonyl (C=O) groups is 1. The van der Waals surface area contributed by atoms with Crippen LogP contribution in [0.15, 0.2) is 4.99 Å². The van der Waals surface area contributed by atoms with Crippen molar-refractivity contribution < 1.29 is 4.79 Å². The molecule has 1 aliphatic rings. The molecule has 0 bridgehead atoms. The summed E-state index contributed by atoms with van der Waals surface area (Å²) in [7, 11) is 0. The molecule has 1 heterocycles. The standard InChI is InChI=1S/C35H69N3O/c1-4-7-9-11-13-15-17-18-19-21-23-25-27-30-34(39)37-33-31-36-35(38-33)32(28-6-3)29-26-24-22-20-16-14-12-10-8-5-2/h32-33H,4-31H2,1-3H3,(H,36,38)(H,37,39). The average molecular weight is 548 g/mol. The van der Waals surface area contributed by atoms with Gasteiger partial charge in [0, 0.05) is 12.3 Å².